The predicted octanol–water partition coefficient (Wildman–Crippen LogP) is 3.20. The second kappa shape index (κ2) is 4.69. The molecule has 0 radical (unpaired) electrons. The highest BCUT2D eigenvalue weighted by molar-refractivity contribution is 6.18. The third-order valence-electron chi connectivity index (χ3n) is 2.30. The maximum atomic E-state index is 4.19. The molecule has 2 rings (SSSR count). The van der Waals surface area contributed by atoms with E-state index in [1.54, 1.807) is 0 Å². The van der Waals surface area contributed by atoms with Crippen LogP contribution in [0.15, 0.2) is 52.7 Å². The summed E-state index contributed by atoms with van der Waals surface area (Å²) in [6.07, 6.45) is 6.06. The molecule has 0 fully saturated rings. The molecule has 2 heteroatoms. The van der Waals surface area contributed by atoms with Crippen LogP contribution in [0.1, 0.15) is 25.3 Å². The maximum absolute atomic E-state index is 4.19. The van der Waals surface area contributed by atoms with Crippen molar-refractivity contribution in [3.63, 3.8) is 0 Å². The van der Waals surface area contributed by atoms with Gasteiger partial charge in [-0.15, -0.1) is 0 Å². The number of benzene rings is 1. The van der Waals surface area contributed by atoms with Crippen LogP contribution >= 0.6 is 0 Å². The SMILES string of the molecule is CC/C=C/C1=NN=C(c2ccccc2)C1. The second-order valence-corrected chi connectivity index (χ2v) is 3.49. The summed E-state index contributed by atoms with van der Waals surface area (Å²) < 4.78 is 0. The summed E-state index contributed by atoms with van der Waals surface area (Å²) in [5, 5.41) is 8.34. The van der Waals surface area contributed by atoms with Crippen molar-refractivity contribution < 1.29 is 0 Å². The first-order valence-electron chi connectivity index (χ1n) is 5.25. The molecule has 0 bridgehead atoms. The van der Waals surface area contributed by atoms with E-state index in [9.17, 15) is 0 Å². The standard InChI is InChI=1S/C13H14N2/c1-2-3-9-12-10-13(15-14-12)11-7-5-4-6-8-11/h3-9H,2,10H2,1H3/b9-3+. The Labute approximate surface area is 90.1 Å². The Morgan fingerprint density at radius 2 is 2.00 bits per heavy atom. The van der Waals surface area contributed by atoms with Crippen molar-refractivity contribution >= 4 is 11.4 Å². The molecule has 76 valence electrons. The fraction of sp³-hybridized carbons (Fsp3) is 0.231. The molecule has 0 atom stereocenters. The molecule has 15 heavy (non-hydrogen) atoms. The van der Waals surface area contributed by atoms with E-state index in [-0.39, 0.29) is 0 Å². The van der Waals surface area contributed by atoms with E-state index < -0.39 is 0 Å². The summed E-state index contributed by atoms with van der Waals surface area (Å²) in [7, 11) is 0. The normalized spacial score (nSPS) is 15.5. The molecule has 0 saturated heterocycles. The molecule has 0 amide bonds. The molecule has 0 aromatic heterocycles. The summed E-state index contributed by atoms with van der Waals surface area (Å²) in [4.78, 5) is 0. The maximum Gasteiger partial charge on any atom is 0.0763 e. The topological polar surface area (TPSA) is 24.7 Å². The van der Waals surface area contributed by atoms with E-state index in [0.717, 1.165) is 24.3 Å². The zero-order valence-corrected chi connectivity index (χ0v) is 8.85. The van der Waals surface area contributed by atoms with Crippen LogP contribution in [0.2, 0.25) is 0 Å². The number of hydrogen-bond donors (Lipinski definition) is 0. The fourth-order valence-corrected chi connectivity index (χ4v) is 1.50. The van der Waals surface area contributed by atoms with Gasteiger partial charge in [0.1, 0.15) is 0 Å². The molecule has 0 N–H and O–H groups in total. The third kappa shape index (κ3) is 2.40. The molecule has 0 spiro atoms. The Morgan fingerprint density at radius 1 is 1.20 bits per heavy atom. The first-order chi connectivity index (χ1) is 7.40. The van der Waals surface area contributed by atoms with Gasteiger partial charge in [0, 0.05) is 6.42 Å². The fourth-order valence-electron chi connectivity index (χ4n) is 1.50. The largest absolute Gasteiger partial charge is 0.155 e. The van der Waals surface area contributed by atoms with Gasteiger partial charge in [0.05, 0.1) is 11.4 Å². The quantitative estimate of drug-likeness (QED) is 0.712. The van der Waals surface area contributed by atoms with Crippen molar-refractivity contribution in [2.45, 2.75) is 19.8 Å². The summed E-state index contributed by atoms with van der Waals surface area (Å²) in [5.41, 5.74) is 3.28. The van der Waals surface area contributed by atoms with Crippen molar-refractivity contribution in [2.75, 3.05) is 0 Å². The van der Waals surface area contributed by atoms with Crippen LogP contribution in [0.3, 0.4) is 0 Å². The lowest BCUT2D eigenvalue weighted by molar-refractivity contribution is 1.22. The van der Waals surface area contributed by atoms with Crippen LogP contribution in [0.4, 0.5) is 0 Å². The van der Waals surface area contributed by atoms with Crippen LogP contribution < -0.4 is 0 Å². The summed E-state index contributed by atoms with van der Waals surface area (Å²) >= 11 is 0. The zero-order chi connectivity index (χ0) is 10.5. The molecule has 0 saturated carbocycles. The number of rotatable bonds is 3. The van der Waals surface area contributed by atoms with Crippen molar-refractivity contribution in [1.29, 1.82) is 0 Å². The van der Waals surface area contributed by atoms with Crippen LogP contribution in [-0.2, 0) is 0 Å². The average Bonchev–Trinajstić information content (AvgIpc) is 2.76. The summed E-state index contributed by atoms with van der Waals surface area (Å²) in [6.45, 7) is 2.12. The lowest BCUT2D eigenvalue weighted by atomic mass is 10.1. The van der Waals surface area contributed by atoms with Crippen molar-refractivity contribution in [3.8, 4) is 0 Å². The first-order valence-corrected chi connectivity index (χ1v) is 5.25. The van der Waals surface area contributed by atoms with Gasteiger partial charge in [0.15, 0.2) is 0 Å². The lowest BCUT2D eigenvalue weighted by Crippen LogP contribution is -2.01. The molecule has 1 aromatic carbocycles. The minimum atomic E-state index is 0.848. The highest BCUT2D eigenvalue weighted by Crippen LogP contribution is 2.12. The van der Waals surface area contributed by atoms with E-state index in [0.29, 0.717) is 0 Å². The molecular weight excluding hydrogens is 184 g/mol. The van der Waals surface area contributed by atoms with Gasteiger partial charge in [-0.1, -0.05) is 43.3 Å². The monoisotopic (exact) mass is 198 g/mol. The number of hydrogen-bond acceptors (Lipinski definition) is 2. The average molecular weight is 198 g/mol. The van der Waals surface area contributed by atoms with Gasteiger partial charge in [-0.2, -0.15) is 10.2 Å². The van der Waals surface area contributed by atoms with Gasteiger partial charge in [0.25, 0.3) is 0 Å². The number of nitrogens with zero attached hydrogens (tertiary/aromatic N) is 2. The minimum absolute atomic E-state index is 0.848. The first kappa shape index (κ1) is 9.84. The van der Waals surface area contributed by atoms with E-state index >= 15 is 0 Å². The summed E-state index contributed by atoms with van der Waals surface area (Å²) in [6, 6.07) is 10.2. The van der Waals surface area contributed by atoms with Gasteiger partial charge in [0.2, 0.25) is 0 Å². The van der Waals surface area contributed by atoms with Crippen molar-refractivity contribution in [3.05, 3.63) is 48.0 Å². The minimum Gasteiger partial charge on any atom is -0.155 e. The van der Waals surface area contributed by atoms with E-state index in [2.05, 4.69) is 41.4 Å². The highest BCUT2D eigenvalue weighted by atomic mass is 15.2. The van der Waals surface area contributed by atoms with Gasteiger partial charge in [-0.3, -0.25) is 0 Å². The van der Waals surface area contributed by atoms with Crippen LogP contribution in [-0.4, -0.2) is 11.4 Å². The van der Waals surface area contributed by atoms with Gasteiger partial charge in [-0.05, 0) is 18.1 Å². The molecule has 0 aliphatic carbocycles. The Hall–Kier alpha value is -1.70. The van der Waals surface area contributed by atoms with Gasteiger partial charge >= 0.3 is 0 Å². The van der Waals surface area contributed by atoms with Gasteiger partial charge in [-0.25, -0.2) is 0 Å². The summed E-state index contributed by atoms with van der Waals surface area (Å²) in [5.74, 6) is 0. The molecule has 1 aliphatic rings. The Balaban J connectivity index is 2.05. The smallest absolute Gasteiger partial charge is 0.0763 e. The van der Waals surface area contributed by atoms with E-state index in [1.807, 2.05) is 18.2 Å². The Kier molecular flexibility index (Phi) is 3.08. The predicted molar refractivity (Wildman–Crippen MR) is 64.5 cm³/mol. The van der Waals surface area contributed by atoms with Crippen LogP contribution in [0.5, 0.6) is 0 Å². The zero-order valence-electron chi connectivity index (χ0n) is 8.85. The number of allylic oxidation sites excluding steroid dienone is 2. The molecule has 1 aliphatic heterocycles. The van der Waals surface area contributed by atoms with Crippen LogP contribution in [0.25, 0.3) is 0 Å². The van der Waals surface area contributed by atoms with E-state index in [1.165, 1.54) is 5.56 Å². The van der Waals surface area contributed by atoms with Crippen molar-refractivity contribution in [2.24, 2.45) is 10.2 Å². The van der Waals surface area contributed by atoms with Gasteiger partial charge < -0.3 is 0 Å². The molecule has 1 heterocycles. The third-order valence-corrected chi connectivity index (χ3v) is 2.30. The Bertz CT molecular complexity index is 413. The lowest BCUT2D eigenvalue weighted by Gasteiger charge is -1.97. The molecule has 1 aromatic rings. The Morgan fingerprint density at radius 3 is 2.73 bits per heavy atom. The molecule has 2 nitrogen and oxygen atoms in total. The highest BCUT2D eigenvalue weighted by Gasteiger charge is 2.11. The molecule has 0 unspecified atom stereocenters. The van der Waals surface area contributed by atoms with Crippen molar-refractivity contribution in [1.82, 2.24) is 0 Å². The van der Waals surface area contributed by atoms with E-state index in [4.69, 9.17) is 0 Å². The molecular formula is C13H14N2. The second-order valence-electron chi connectivity index (χ2n) is 3.49. The van der Waals surface area contributed by atoms with Crippen LogP contribution in [0, 0.1) is 0 Å².